The van der Waals surface area contributed by atoms with Gasteiger partial charge >= 0.3 is 0 Å². The monoisotopic (exact) mass is 628 g/mol. The van der Waals surface area contributed by atoms with E-state index in [0.717, 1.165) is 48.3 Å². The molecule has 2 N–H and O–H groups in total. The molecule has 3 fully saturated rings. The number of carbonyl (C=O) groups is 2. The maximum Gasteiger partial charge on any atom is 0.248 e. The smallest absolute Gasteiger partial charge is 0.248 e. The van der Waals surface area contributed by atoms with E-state index in [1.165, 1.54) is 0 Å². The summed E-state index contributed by atoms with van der Waals surface area (Å²) in [5.41, 5.74) is 2.89. The molecule has 3 aliphatic rings. The number of unbranched alkanes of at least 4 members (excludes halogenated alkanes) is 1. The van der Waals surface area contributed by atoms with Crippen molar-refractivity contribution >= 4 is 21.8 Å². The number of hydrogen-bond acceptors (Lipinski definition) is 7. The number of aliphatic hydroxyl groups excluding tert-OH is 1. The number of amides is 2. The molecule has 0 bridgehead atoms. The second-order valence-electron chi connectivity index (χ2n) is 13.0. The van der Waals surface area contributed by atoms with Crippen LogP contribution in [0.25, 0.3) is 5.69 Å². The average molecular weight is 629 g/mol. The molecule has 0 aliphatic carbocycles. The molecule has 242 valence electrons. The summed E-state index contributed by atoms with van der Waals surface area (Å²) in [5, 5.41) is 18.4. The predicted molar refractivity (Wildman–Crippen MR) is 168 cm³/mol. The van der Waals surface area contributed by atoms with Crippen LogP contribution in [0.3, 0.4) is 0 Å². The van der Waals surface area contributed by atoms with Crippen LogP contribution in [0.2, 0.25) is 0 Å². The third-order valence-electron chi connectivity index (χ3n) is 9.81. The number of piperidine rings is 1. The Bertz CT molecular complexity index is 1460. The number of rotatable bonds is 10. The molecule has 3 aliphatic heterocycles. The zero-order chi connectivity index (χ0) is 31.8. The predicted octanol–water partition coefficient (Wildman–Crippen LogP) is 2.75. The first-order valence-corrected chi connectivity index (χ1v) is 17.5. The van der Waals surface area contributed by atoms with Crippen molar-refractivity contribution in [2.45, 2.75) is 102 Å². The number of sulfonamides is 1. The van der Waals surface area contributed by atoms with Gasteiger partial charge in [-0.25, -0.2) is 13.1 Å². The number of piperazine rings is 1. The van der Waals surface area contributed by atoms with Crippen LogP contribution >= 0.6 is 0 Å². The number of benzene rings is 1. The number of carbonyl (C=O) groups excluding carboxylic acids is 2. The van der Waals surface area contributed by atoms with Crippen LogP contribution in [0.15, 0.2) is 29.2 Å². The first-order valence-electron chi connectivity index (χ1n) is 16.1. The van der Waals surface area contributed by atoms with Gasteiger partial charge in [-0.3, -0.25) is 14.5 Å². The molecule has 0 radical (unpaired) electrons. The molecule has 2 unspecified atom stereocenters. The molecule has 3 saturated heterocycles. The minimum atomic E-state index is -3.48. The Hall–Kier alpha value is -2.80. The van der Waals surface area contributed by atoms with E-state index in [9.17, 15) is 23.1 Å². The van der Waals surface area contributed by atoms with Gasteiger partial charge in [0.15, 0.2) is 0 Å². The summed E-state index contributed by atoms with van der Waals surface area (Å²) in [6, 6.07) is 6.03. The number of nitrogens with one attached hydrogen (secondary N) is 1. The molecular weight excluding hydrogens is 580 g/mol. The number of hydrogen-bond donors (Lipinski definition) is 2. The van der Waals surface area contributed by atoms with Crippen molar-refractivity contribution in [3.8, 4) is 5.69 Å². The van der Waals surface area contributed by atoms with Crippen molar-refractivity contribution in [1.82, 2.24) is 29.2 Å². The molecule has 2 amide bonds. The summed E-state index contributed by atoms with van der Waals surface area (Å²) in [4.78, 5) is 31.6. The Morgan fingerprint density at radius 3 is 2.27 bits per heavy atom. The van der Waals surface area contributed by atoms with Crippen LogP contribution in [0.4, 0.5) is 0 Å². The molecule has 1 aromatic carbocycles. The molecule has 2 atom stereocenters. The van der Waals surface area contributed by atoms with Crippen LogP contribution in [-0.2, 0) is 26.2 Å². The van der Waals surface area contributed by atoms with Gasteiger partial charge in [0, 0.05) is 50.5 Å². The lowest BCUT2D eigenvalue weighted by atomic mass is 9.80. The topological polar surface area (TPSA) is 128 Å². The minimum Gasteiger partial charge on any atom is -0.390 e. The molecule has 1 spiro atoms. The molecular formula is C32H48N6O5S. The van der Waals surface area contributed by atoms with Gasteiger partial charge in [-0.1, -0.05) is 27.2 Å². The van der Waals surface area contributed by atoms with Gasteiger partial charge in [0.05, 0.1) is 22.4 Å². The Morgan fingerprint density at radius 1 is 1.05 bits per heavy atom. The summed E-state index contributed by atoms with van der Waals surface area (Å²) in [6.45, 7) is 13.4. The van der Waals surface area contributed by atoms with E-state index in [2.05, 4.69) is 17.1 Å². The van der Waals surface area contributed by atoms with Crippen molar-refractivity contribution < 1.29 is 23.1 Å². The third-order valence-corrected chi connectivity index (χ3v) is 11.7. The zero-order valence-corrected chi connectivity index (χ0v) is 27.6. The van der Waals surface area contributed by atoms with E-state index in [4.69, 9.17) is 5.10 Å². The van der Waals surface area contributed by atoms with Gasteiger partial charge < -0.3 is 15.3 Å². The second-order valence-corrected chi connectivity index (χ2v) is 14.9. The van der Waals surface area contributed by atoms with E-state index in [0.29, 0.717) is 57.0 Å². The maximum atomic E-state index is 13.6. The van der Waals surface area contributed by atoms with Crippen molar-refractivity contribution in [3.05, 3.63) is 41.2 Å². The second kappa shape index (κ2) is 12.9. The van der Waals surface area contributed by atoms with Crippen molar-refractivity contribution in [1.29, 1.82) is 0 Å². The number of aryl methyl sites for hydroxylation is 1. The highest BCUT2D eigenvalue weighted by atomic mass is 32.2. The van der Waals surface area contributed by atoms with E-state index in [1.54, 1.807) is 21.3 Å². The Labute approximate surface area is 261 Å². The van der Waals surface area contributed by atoms with Gasteiger partial charge in [-0.05, 0) is 76.1 Å². The lowest BCUT2D eigenvalue weighted by Gasteiger charge is -2.52. The van der Waals surface area contributed by atoms with E-state index in [-0.39, 0.29) is 17.7 Å². The first kappa shape index (κ1) is 32.6. The minimum absolute atomic E-state index is 0.151. The Balaban J connectivity index is 1.29. The fraction of sp³-hybridized carbons (Fsp3) is 0.656. The summed E-state index contributed by atoms with van der Waals surface area (Å²) < 4.78 is 29.3. The van der Waals surface area contributed by atoms with Crippen LogP contribution in [0.1, 0.15) is 76.2 Å². The lowest BCUT2D eigenvalue weighted by molar-refractivity contribution is -0.165. The molecule has 11 nitrogen and oxygen atoms in total. The molecule has 12 heteroatoms. The Kier molecular flexibility index (Phi) is 9.55. The summed E-state index contributed by atoms with van der Waals surface area (Å²) in [5.74, 6) is -0.491. The SMILES string of the molecule is CCCCN1C(=O)C(C(O)C(C)C)NC(=O)C12CCN(Cc1c(C)nn(-c3ccc(S(=O)(=O)N4CCCC4)cc3)c1C)CC2. The number of aliphatic hydroxyl groups is 1. The van der Waals surface area contributed by atoms with Crippen molar-refractivity contribution in [2.75, 3.05) is 32.7 Å². The average Bonchev–Trinajstić information content (AvgIpc) is 3.65. The van der Waals surface area contributed by atoms with E-state index < -0.39 is 27.7 Å². The lowest BCUT2D eigenvalue weighted by Crippen LogP contribution is -2.74. The van der Waals surface area contributed by atoms with Crippen LogP contribution < -0.4 is 5.32 Å². The zero-order valence-electron chi connectivity index (χ0n) is 26.8. The first-order chi connectivity index (χ1) is 20.9. The standard InChI is InChI=1S/C32H48N6O5S/c1-6-7-18-37-30(40)28(29(39)22(2)3)33-31(41)32(37)14-19-35(20-15-32)21-27-23(4)34-38(24(27)5)25-10-12-26(13-11-25)44(42,43)36-16-8-9-17-36/h10-13,22,28-29,39H,6-9,14-21H2,1-5H3,(H,33,41). The van der Waals surface area contributed by atoms with Gasteiger partial charge in [0.1, 0.15) is 11.6 Å². The normalized spacial score (nSPS) is 22.2. The molecule has 0 saturated carbocycles. The summed E-state index contributed by atoms with van der Waals surface area (Å²) in [6.07, 6.45) is 3.63. The van der Waals surface area contributed by atoms with E-state index in [1.807, 2.05) is 44.5 Å². The van der Waals surface area contributed by atoms with Crippen molar-refractivity contribution in [3.63, 3.8) is 0 Å². The molecule has 2 aromatic rings. The highest BCUT2D eigenvalue weighted by molar-refractivity contribution is 7.89. The van der Waals surface area contributed by atoms with Crippen LogP contribution in [-0.4, -0.2) is 99.6 Å². The molecule has 5 rings (SSSR count). The highest BCUT2D eigenvalue weighted by Gasteiger charge is 2.54. The summed E-state index contributed by atoms with van der Waals surface area (Å²) >= 11 is 0. The van der Waals surface area contributed by atoms with E-state index >= 15 is 0 Å². The van der Waals surface area contributed by atoms with Crippen LogP contribution in [0, 0.1) is 19.8 Å². The largest absolute Gasteiger partial charge is 0.390 e. The fourth-order valence-corrected chi connectivity index (χ4v) is 8.41. The third kappa shape index (κ3) is 5.93. The quantitative estimate of drug-likeness (QED) is 0.414. The van der Waals surface area contributed by atoms with Gasteiger partial charge in [-0.15, -0.1) is 0 Å². The highest BCUT2D eigenvalue weighted by Crippen LogP contribution is 2.35. The van der Waals surface area contributed by atoms with Gasteiger partial charge in [-0.2, -0.15) is 9.40 Å². The summed E-state index contributed by atoms with van der Waals surface area (Å²) in [7, 11) is -3.48. The maximum absolute atomic E-state index is 13.6. The number of aromatic nitrogens is 2. The molecule has 1 aromatic heterocycles. The fourth-order valence-electron chi connectivity index (χ4n) is 6.89. The molecule has 44 heavy (non-hydrogen) atoms. The Morgan fingerprint density at radius 2 is 1.68 bits per heavy atom. The number of likely N-dealkylation sites (tertiary alicyclic amines) is 1. The number of nitrogens with zero attached hydrogens (tertiary/aromatic N) is 5. The van der Waals surface area contributed by atoms with Gasteiger partial charge in [0.25, 0.3) is 0 Å². The van der Waals surface area contributed by atoms with Crippen LogP contribution in [0.5, 0.6) is 0 Å². The van der Waals surface area contributed by atoms with Crippen molar-refractivity contribution in [2.24, 2.45) is 5.92 Å². The van der Waals surface area contributed by atoms with Gasteiger partial charge in [0.2, 0.25) is 21.8 Å². The molecule has 4 heterocycles.